The third kappa shape index (κ3) is 2.57. The Bertz CT molecular complexity index is 403. The predicted octanol–water partition coefficient (Wildman–Crippen LogP) is 2.68. The van der Waals surface area contributed by atoms with Gasteiger partial charge in [0.2, 0.25) is 0 Å². The fourth-order valence-electron chi connectivity index (χ4n) is 2.65. The van der Waals surface area contributed by atoms with Crippen LogP contribution < -0.4 is 5.32 Å². The lowest BCUT2D eigenvalue weighted by Gasteiger charge is -2.52. The standard InChI is InChI=1S/C15H24N2O/c1-5-18-14-8-13(15(14,3)4)17-10-12-6-7-16-9-11(12)2/h6-7,9,13-14,17H,5,8,10H2,1-4H3. The molecule has 3 heteroatoms. The van der Waals surface area contributed by atoms with Crippen molar-refractivity contribution in [2.45, 2.75) is 52.8 Å². The molecule has 0 aliphatic heterocycles. The zero-order valence-electron chi connectivity index (χ0n) is 11.9. The van der Waals surface area contributed by atoms with E-state index < -0.39 is 0 Å². The molecule has 100 valence electrons. The molecule has 1 aromatic rings. The molecule has 1 aromatic heterocycles. The second kappa shape index (κ2) is 5.37. The van der Waals surface area contributed by atoms with Crippen LogP contribution in [0, 0.1) is 12.3 Å². The molecular weight excluding hydrogens is 224 g/mol. The second-order valence-corrected chi connectivity index (χ2v) is 5.74. The first-order chi connectivity index (χ1) is 8.55. The zero-order valence-corrected chi connectivity index (χ0v) is 11.9. The van der Waals surface area contributed by atoms with Gasteiger partial charge in [0.1, 0.15) is 0 Å². The molecule has 0 radical (unpaired) electrons. The minimum atomic E-state index is 0.233. The molecule has 2 rings (SSSR count). The van der Waals surface area contributed by atoms with Crippen molar-refractivity contribution in [1.82, 2.24) is 10.3 Å². The highest BCUT2D eigenvalue weighted by Crippen LogP contribution is 2.42. The van der Waals surface area contributed by atoms with Crippen molar-refractivity contribution in [3.05, 3.63) is 29.6 Å². The Morgan fingerprint density at radius 3 is 2.89 bits per heavy atom. The van der Waals surface area contributed by atoms with Crippen molar-refractivity contribution >= 4 is 0 Å². The zero-order chi connectivity index (χ0) is 13.2. The van der Waals surface area contributed by atoms with Crippen LogP contribution in [0.15, 0.2) is 18.5 Å². The van der Waals surface area contributed by atoms with Gasteiger partial charge in [-0.05, 0) is 37.5 Å². The second-order valence-electron chi connectivity index (χ2n) is 5.74. The van der Waals surface area contributed by atoms with Crippen molar-refractivity contribution in [2.75, 3.05) is 6.61 Å². The molecule has 2 atom stereocenters. The molecule has 1 heterocycles. The number of nitrogens with zero attached hydrogens (tertiary/aromatic N) is 1. The van der Waals surface area contributed by atoms with Crippen LogP contribution in [0.4, 0.5) is 0 Å². The van der Waals surface area contributed by atoms with Gasteiger partial charge in [-0.1, -0.05) is 13.8 Å². The Kier molecular flexibility index (Phi) is 4.03. The molecule has 0 amide bonds. The number of rotatable bonds is 5. The molecular formula is C15H24N2O. The highest BCUT2D eigenvalue weighted by atomic mass is 16.5. The lowest BCUT2D eigenvalue weighted by molar-refractivity contribution is -0.114. The summed E-state index contributed by atoms with van der Waals surface area (Å²) in [5.74, 6) is 0. The van der Waals surface area contributed by atoms with Crippen LogP contribution in [0.25, 0.3) is 0 Å². The molecule has 3 nitrogen and oxygen atoms in total. The predicted molar refractivity (Wildman–Crippen MR) is 73.4 cm³/mol. The van der Waals surface area contributed by atoms with E-state index in [1.54, 1.807) is 0 Å². The fourth-order valence-corrected chi connectivity index (χ4v) is 2.65. The number of aryl methyl sites for hydroxylation is 1. The van der Waals surface area contributed by atoms with E-state index in [0.29, 0.717) is 12.1 Å². The smallest absolute Gasteiger partial charge is 0.0655 e. The van der Waals surface area contributed by atoms with E-state index in [0.717, 1.165) is 19.6 Å². The van der Waals surface area contributed by atoms with Gasteiger partial charge in [-0.25, -0.2) is 0 Å². The van der Waals surface area contributed by atoms with Crippen LogP contribution in [-0.4, -0.2) is 23.7 Å². The minimum absolute atomic E-state index is 0.233. The maximum atomic E-state index is 5.75. The highest BCUT2D eigenvalue weighted by molar-refractivity contribution is 5.21. The minimum Gasteiger partial charge on any atom is -0.378 e. The number of aromatic nitrogens is 1. The molecule has 18 heavy (non-hydrogen) atoms. The van der Waals surface area contributed by atoms with E-state index in [1.165, 1.54) is 11.1 Å². The first-order valence-corrected chi connectivity index (χ1v) is 6.80. The van der Waals surface area contributed by atoms with Crippen LogP contribution in [-0.2, 0) is 11.3 Å². The Hall–Kier alpha value is -0.930. The topological polar surface area (TPSA) is 34.1 Å². The number of ether oxygens (including phenoxy) is 1. The van der Waals surface area contributed by atoms with E-state index in [-0.39, 0.29) is 5.41 Å². The van der Waals surface area contributed by atoms with Crippen LogP contribution in [0.1, 0.15) is 38.3 Å². The van der Waals surface area contributed by atoms with E-state index in [4.69, 9.17) is 4.74 Å². The van der Waals surface area contributed by atoms with Crippen molar-refractivity contribution in [1.29, 1.82) is 0 Å². The molecule has 1 saturated carbocycles. The van der Waals surface area contributed by atoms with Gasteiger partial charge < -0.3 is 10.1 Å². The Morgan fingerprint density at radius 2 is 2.28 bits per heavy atom. The van der Waals surface area contributed by atoms with Crippen LogP contribution in [0.5, 0.6) is 0 Å². The number of pyridine rings is 1. The summed E-state index contributed by atoms with van der Waals surface area (Å²) >= 11 is 0. The number of hydrogen-bond donors (Lipinski definition) is 1. The third-order valence-electron chi connectivity index (χ3n) is 4.22. The Morgan fingerprint density at radius 1 is 1.50 bits per heavy atom. The van der Waals surface area contributed by atoms with E-state index in [1.807, 2.05) is 12.4 Å². The molecule has 1 aliphatic carbocycles. The van der Waals surface area contributed by atoms with Gasteiger partial charge in [0.25, 0.3) is 0 Å². The first-order valence-electron chi connectivity index (χ1n) is 6.80. The average Bonchev–Trinajstić information content (AvgIpc) is 2.35. The van der Waals surface area contributed by atoms with E-state index in [9.17, 15) is 0 Å². The molecule has 0 aromatic carbocycles. The maximum Gasteiger partial charge on any atom is 0.0655 e. The van der Waals surface area contributed by atoms with Crippen molar-refractivity contribution in [3.63, 3.8) is 0 Å². The van der Waals surface area contributed by atoms with Crippen molar-refractivity contribution in [2.24, 2.45) is 5.41 Å². The van der Waals surface area contributed by atoms with Crippen LogP contribution in [0.3, 0.4) is 0 Å². The average molecular weight is 248 g/mol. The largest absolute Gasteiger partial charge is 0.378 e. The van der Waals surface area contributed by atoms with E-state index in [2.05, 4.69) is 44.1 Å². The summed E-state index contributed by atoms with van der Waals surface area (Å²) in [4.78, 5) is 4.12. The normalized spacial score (nSPS) is 25.8. The summed E-state index contributed by atoms with van der Waals surface area (Å²) in [7, 11) is 0. The van der Waals surface area contributed by atoms with Crippen molar-refractivity contribution < 1.29 is 4.74 Å². The Labute approximate surface area is 110 Å². The van der Waals surface area contributed by atoms with Gasteiger partial charge in [-0.3, -0.25) is 4.98 Å². The van der Waals surface area contributed by atoms with Crippen LogP contribution in [0.2, 0.25) is 0 Å². The maximum absolute atomic E-state index is 5.75. The molecule has 1 aliphatic rings. The number of nitrogens with one attached hydrogen (secondary N) is 1. The lowest BCUT2D eigenvalue weighted by atomic mass is 9.64. The molecule has 0 spiro atoms. The van der Waals surface area contributed by atoms with Gasteiger partial charge in [0.15, 0.2) is 0 Å². The SMILES string of the molecule is CCOC1CC(NCc2ccncc2C)C1(C)C. The summed E-state index contributed by atoms with van der Waals surface area (Å²) in [6.45, 7) is 10.5. The highest BCUT2D eigenvalue weighted by Gasteiger charge is 2.48. The van der Waals surface area contributed by atoms with Gasteiger partial charge in [0.05, 0.1) is 6.10 Å². The summed E-state index contributed by atoms with van der Waals surface area (Å²) in [6, 6.07) is 2.63. The molecule has 0 bridgehead atoms. The summed E-state index contributed by atoms with van der Waals surface area (Å²) in [5, 5.41) is 3.65. The van der Waals surface area contributed by atoms with Crippen LogP contribution >= 0.6 is 0 Å². The quantitative estimate of drug-likeness (QED) is 0.870. The summed E-state index contributed by atoms with van der Waals surface area (Å²) in [6.07, 6.45) is 5.30. The summed E-state index contributed by atoms with van der Waals surface area (Å²) < 4.78 is 5.75. The molecule has 0 saturated heterocycles. The van der Waals surface area contributed by atoms with Gasteiger partial charge in [0, 0.05) is 37.0 Å². The molecule has 2 unspecified atom stereocenters. The van der Waals surface area contributed by atoms with E-state index >= 15 is 0 Å². The van der Waals surface area contributed by atoms with Gasteiger partial charge >= 0.3 is 0 Å². The lowest BCUT2D eigenvalue weighted by Crippen LogP contribution is -2.60. The number of hydrogen-bond acceptors (Lipinski definition) is 3. The summed E-state index contributed by atoms with van der Waals surface area (Å²) in [5.41, 5.74) is 2.82. The molecule has 1 N–H and O–H groups in total. The van der Waals surface area contributed by atoms with Gasteiger partial charge in [-0.15, -0.1) is 0 Å². The van der Waals surface area contributed by atoms with Crippen molar-refractivity contribution in [3.8, 4) is 0 Å². The molecule has 1 fully saturated rings. The third-order valence-corrected chi connectivity index (χ3v) is 4.22. The van der Waals surface area contributed by atoms with Gasteiger partial charge in [-0.2, -0.15) is 0 Å². The first kappa shape index (κ1) is 13.5. The fraction of sp³-hybridized carbons (Fsp3) is 0.667. The monoisotopic (exact) mass is 248 g/mol. The Balaban J connectivity index is 1.88.